The second kappa shape index (κ2) is 20.2. The lowest BCUT2D eigenvalue weighted by molar-refractivity contribution is 0.530. The van der Waals surface area contributed by atoms with Gasteiger partial charge in [-0.15, -0.1) is 12.6 Å². The van der Waals surface area contributed by atoms with Gasteiger partial charge in [0.05, 0.1) is 4.20 Å². The maximum atomic E-state index is 4.89. The molecular formula is C21H40S2. The first-order valence-electron chi connectivity index (χ1n) is 10.2. The molecule has 0 bridgehead atoms. The van der Waals surface area contributed by atoms with Crippen molar-refractivity contribution in [3.63, 3.8) is 0 Å². The summed E-state index contributed by atoms with van der Waals surface area (Å²) in [5.74, 6) is 0. The third kappa shape index (κ3) is 22.2. The molecule has 0 aliphatic carbocycles. The van der Waals surface area contributed by atoms with Crippen molar-refractivity contribution in [1.29, 1.82) is 0 Å². The molecular weight excluding hydrogens is 316 g/mol. The molecule has 0 aromatic heterocycles. The molecule has 0 aromatic carbocycles. The molecule has 0 N–H and O–H groups in total. The average molecular weight is 357 g/mol. The summed E-state index contributed by atoms with van der Waals surface area (Å²) in [5.41, 5.74) is 0. The molecule has 0 saturated carbocycles. The summed E-state index contributed by atoms with van der Waals surface area (Å²) in [6, 6.07) is 0. The van der Waals surface area contributed by atoms with E-state index in [2.05, 4.69) is 25.6 Å². The van der Waals surface area contributed by atoms with Crippen LogP contribution in [0.25, 0.3) is 0 Å². The van der Waals surface area contributed by atoms with Crippen LogP contribution in [-0.4, -0.2) is 4.20 Å². The molecule has 23 heavy (non-hydrogen) atoms. The third-order valence-corrected chi connectivity index (χ3v) is 4.77. The Labute approximate surface area is 157 Å². The van der Waals surface area contributed by atoms with Gasteiger partial charge in [0.15, 0.2) is 0 Å². The Hall–Kier alpha value is 0.180. The van der Waals surface area contributed by atoms with Crippen LogP contribution in [0.3, 0.4) is 0 Å². The molecule has 0 aromatic rings. The standard InChI is InChI=1S/C21H40S2/c1-2-3-4-5-6-7-8-9-10-11-12-13-14-15-16-17-18-19-20-21(22)23/h19-20H,2-18H2,1H3,(H,22,23). The van der Waals surface area contributed by atoms with Crippen molar-refractivity contribution >= 4 is 29.0 Å². The molecule has 2 heteroatoms. The van der Waals surface area contributed by atoms with Crippen LogP contribution in [0.5, 0.6) is 0 Å². The molecule has 0 fully saturated rings. The largest absolute Gasteiger partial charge is 0.132 e. The number of rotatable bonds is 18. The van der Waals surface area contributed by atoms with E-state index >= 15 is 0 Å². The summed E-state index contributed by atoms with van der Waals surface area (Å²) in [6.45, 7) is 2.29. The zero-order valence-electron chi connectivity index (χ0n) is 15.5. The highest BCUT2D eigenvalue weighted by Crippen LogP contribution is 2.14. The number of hydrogen-bond donors (Lipinski definition) is 1. The summed E-state index contributed by atoms with van der Waals surface area (Å²) in [6.07, 6.45) is 28.1. The van der Waals surface area contributed by atoms with Crippen LogP contribution in [0.4, 0.5) is 0 Å². The first kappa shape index (κ1) is 23.2. The fraction of sp³-hybridized carbons (Fsp3) is 0.857. The van der Waals surface area contributed by atoms with Crippen LogP contribution in [0.1, 0.15) is 116 Å². The van der Waals surface area contributed by atoms with E-state index in [1.165, 1.54) is 103 Å². The van der Waals surface area contributed by atoms with Gasteiger partial charge in [-0.1, -0.05) is 122 Å². The molecule has 0 unspecified atom stereocenters. The van der Waals surface area contributed by atoms with Crippen molar-refractivity contribution in [2.75, 3.05) is 0 Å². The van der Waals surface area contributed by atoms with E-state index in [-0.39, 0.29) is 0 Å². The fourth-order valence-corrected chi connectivity index (χ4v) is 3.20. The van der Waals surface area contributed by atoms with Gasteiger partial charge in [-0.3, -0.25) is 0 Å². The predicted molar refractivity (Wildman–Crippen MR) is 115 cm³/mol. The van der Waals surface area contributed by atoms with Crippen LogP contribution in [0.2, 0.25) is 0 Å². The van der Waals surface area contributed by atoms with Crippen LogP contribution in [0, 0.1) is 0 Å². The van der Waals surface area contributed by atoms with Crippen molar-refractivity contribution in [3.05, 3.63) is 12.2 Å². The monoisotopic (exact) mass is 356 g/mol. The summed E-state index contributed by atoms with van der Waals surface area (Å²) >= 11 is 8.97. The second-order valence-corrected chi connectivity index (χ2v) is 8.06. The Bertz CT molecular complexity index is 271. The highest BCUT2D eigenvalue weighted by atomic mass is 32.1. The zero-order chi connectivity index (χ0) is 17.0. The minimum Gasteiger partial charge on any atom is -0.132 e. The van der Waals surface area contributed by atoms with Crippen LogP contribution in [-0.2, 0) is 0 Å². The summed E-state index contributed by atoms with van der Waals surface area (Å²) < 4.78 is 0.696. The summed E-state index contributed by atoms with van der Waals surface area (Å²) in [5, 5.41) is 0. The number of hydrogen-bond acceptors (Lipinski definition) is 1. The van der Waals surface area contributed by atoms with E-state index in [0.29, 0.717) is 4.20 Å². The van der Waals surface area contributed by atoms with Crippen LogP contribution >= 0.6 is 24.8 Å². The van der Waals surface area contributed by atoms with E-state index < -0.39 is 0 Å². The minimum atomic E-state index is 0.696. The molecule has 136 valence electrons. The Balaban J connectivity index is 3.01. The SMILES string of the molecule is CCCCCCCCCCCCCCCCCCC=CC(=S)S. The molecule has 0 nitrogen and oxygen atoms in total. The molecule has 0 radical (unpaired) electrons. The fourth-order valence-electron chi connectivity index (χ4n) is 2.99. The Morgan fingerprint density at radius 2 is 1.00 bits per heavy atom. The van der Waals surface area contributed by atoms with Gasteiger partial charge in [-0.2, -0.15) is 0 Å². The van der Waals surface area contributed by atoms with Crippen molar-refractivity contribution in [3.8, 4) is 0 Å². The van der Waals surface area contributed by atoms with E-state index in [9.17, 15) is 0 Å². The highest BCUT2D eigenvalue weighted by Gasteiger charge is 1.94. The van der Waals surface area contributed by atoms with Crippen molar-refractivity contribution < 1.29 is 0 Å². The van der Waals surface area contributed by atoms with E-state index in [1.54, 1.807) is 0 Å². The van der Waals surface area contributed by atoms with Crippen molar-refractivity contribution in [1.82, 2.24) is 0 Å². The molecule has 0 amide bonds. The number of thiol groups is 1. The zero-order valence-corrected chi connectivity index (χ0v) is 17.2. The van der Waals surface area contributed by atoms with Gasteiger partial charge in [-0.05, 0) is 18.9 Å². The lowest BCUT2D eigenvalue weighted by atomic mass is 10.0. The molecule has 0 saturated heterocycles. The minimum absolute atomic E-state index is 0.696. The molecule has 0 aliphatic rings. The quantitative estimate of drug-likeness (QED) is 0.111. The maximum Gasteiger partial charge on any atom is 0.0672 e. The second-order valence-electron chi connectivity index (χ2n) is 6.83. The number of allylic oxidation sites excluding steroid dienone is 1. The lowest BCUT2D eigenvalue weighted by Crippen LogP contribution is -1.83. The van der Waals surface area contributed by atoms with Gasteiger partial charge >= 0.3 is 0 Å². The van der Waals surface area contributed by atoms with Crippen molar-refractivity contribution in [2.45, 2.75) is 116 Å². The topological polar surface area (TPSA) is 0 Å². The van der Waals surface area contributed by atoms with Gasteiger partial charge in [0.25, 0.3) is 0 Å². The third-order valence-electron chi connectivity index (χ3n) is 4.48. The average Bonchev–Trinajstić information content (AvgIpc) is 2.53. The van der Waals surface area contributed by atoms with E-state index in [1.807, 2.05) is 6.08 Å². The smallest absolute Gasteiger partial charge is 0.0672 e. The molecule has 0 spiro atoms. The Kier molecular flexibility index (Phi) is 20.4. The lowest BCUT2D eigenvalue weighted by Gasteiger charge is -2.03. The van der Waals surface area contributed by atoms with E-state index in [4.69, 9.17) is 12.2 Å². The van der Waals surface area contributed by atoms with Crippen molar-refractivity contribution in [2.24, 2.45) is 0 Å². The molecule has 0 aliphatic heterocycles. The molecule has 0 atom stereocenters. The van der Waals surface area contributed by atoms with Gasteiger partial charge in [0.1, 0.15) is 0 Å². The van der Waals surface area contributed by atoms with Gasteiger partial charge in [0.2, 0.25) is 0 Å². The first-order valence-corrected chi connectivity index (χ1v) is 11.0. The summed E-state index contributed by atoms with van der Waals surface area (Å²) in [7, 11) is 0. The maximum absolute atomic E-state index is 4.89. The number of unbranched alkanes of at least 4 members (excludes halogenated alkanes) is 16. The molecule has 0 rings (SSSR count). The van der Waals surface area contributed by atoms with Crippen LogP contribution in [0.15, 0.2) is 12.2 Å². The molecule has 0 heterocycles. The predicted octanol–water partition coefficient (Wildman–Crippen LogP) is 8.45. The van der Waals surface area contributed by atoms with Crippen LogP contribution < -0.4 is 0 Å². The van der Waals surface area contributed by atoms with Gasteiger partial charge in [-0.25, -0.2) is 0 Å². The number of thiocarbonyl (C=S) groups is 1. The van der Waals surface area contributed by atoms with Gasteiger partial charge in [0, 0.05) is 0 Å². The van der Waals surface area contributed by atoms with Gasteiger partial charge < -0.3 is 0 Å². The first-order chi connectivity index (χ1) is 11.3. The Morgan fingerprint density at radius 3 is 1.35 bits per heavy atom. The summed E-state index contributed by atoms with van der Waals surface area (Å²) in [4.78, 5) is 0. The highest BCUT2D eigenvalue weighted by molar-refractivity contribution is 8.11. The normalized spacial score (nSPS) is 11.4. The van der Waals surface area contributed by atoms with E-state index in [0.717, 1.165) is 6.42 Å². The Morgan fingerprint density at radius 1 is 0.652 bits per heavy atom.